The van der Waals surface area contributed by atoms with Gasteiger partial charge in [-0.1, -0.05) is 41.9 Å². The van der Waals surface area contributed by atoms with Crippen molar-refractivity contribution in [3.63, 3.8) is 0 Å². The molecule has 2 heterocycles. The van der Waals surface area contributed by atoms with Crippen LogP contribution in [0.25, 0.3) is 0 Å². The molecule has 0 aliphatic carbocycles. The number of nitrogens with one attached hydrogen (secondary N) is 2. The summed E-state index contributed by atoms with van der Waals surface area (Å²) in [6, 6.07) is 12.9. The quantitative estimate of drug-likeness (QED) is 0.701. The van der Waals surface area contributed by atoms with Gasteiger partial charge in [0.05, 0.1) is 10.6 Å². The van der Waals surface area contributed by atoms with Gasteiger partial charge in [0, 0.05) is 23.6 Å². The molecule has 2 aromatic rings. The lowest BCUT2D eigenvalue weighted by Crippen LogP contribution is -2.65. The maximum absolute atomic E-state index is 12.4. The van der Waals surface area contributed by atoms with Gasteiger partial charge in [-0.05, 0) is 31.9 Å². The number of halogens is 1. The molecule has 0 bridgehead atoms. The van der Waals surface area contributed by atoms with Crippen LogP contribution in [0, 0.1) is 0 Å². The van der Waals surface area contributed by atoms with Crippen LogP contribution in [0.3, 0.4) is 0 Å². The van der Waals surface area contributed by atoms with Crippen LogP contribution in [-0.4, -0.2) is 16.7 Å². The first-order valence-corrected chi connectivity index (χ1v) is 9.01. The largest absolute Gasteiger partial charge is 0.506 e. The average Bonchev–Trinajstić information content (AvgIpc) is 2.55. The molecule has 136 valence electrons. The second-order valence-electron chi connectivity index (χ2n) is 7.74. The Morgan fingerprint density at radius 3 is 2.62 bits per heavy atom. The summed E-state index contributed by atoms with van der Waals surface area (Å²) in [6.07, 6.45) is 1.02. The fourth-order valence-corrected chi connectivity index (χ4v) is 4.34. The minimum atomic E-state index is -0.628. The number of fused-ring (bicyclic) bond motifs is 2. The van der Waals surface area contributed by atoms with E-state index in [9.17, 15) is 9.90 Å². The van der Waals surface area contributed by atoms with Gasteiger partial charge in [-0.2, -0.15) is 0 Å². The van der Waals surface area contributed by atoms with Gasteiger partial charge in [0.2, 0.25) is 0 Å². The Labute approximate surface area is 157 Å². The standard InChI is InChI=1S/C20H21ClN2O3/c1-19(2)11-20(23-18(25)22-19)10-17(12-6-4-3-5-7-12)26-16-9-15(24)14(21)8-13(16)20/h3-9,17,24H,10-11H2,1-2H3,(H2,22,23,25). The van der Waals surface area contributed by atoms with E-state index in [0.717, 1.165) is 11.1 Å². The molecule has 2 aliphatic heterocycles. The highest BCUT2D eigenvalue weighted by atomic mass is 35.5. The molecular formula is C20H21ClN2O3. The van der Waals surface area contributed by atoms with Crippen molar-refractivity contribution in [1.29, 1.82) is 0 Å². The molecule has 6 heteroatoms. The Morgan fingerprint density at radius 2 is 1.92 bits per heavy atom. The summed E-state index contributed by atoms with van der Waals surface area (Å²) in [6.45, 7) is 4.00. The van der Waals surface area contributed by atoms with Gasteiger partial charge in [0.25, 0.3) is 0 Å². The number of ether oxygens (including phenoxy) is 1. The first-order valence-electron chi connectivity index (χ1n) is 8.63. The van der Waals surface area contributed by atoms with E-state index in [2.05, 4.69) is 10.6 Å². The van der Waals surface area contributed by atoms with Crippen LogP contribution in [0.2, 0.25) is 5.02 Å². The molecule has 26 heavy (non-hydrogen) atoms. The molecule has 4 rings (SSSR count). The summed E-state index contributed by atoms with van der Waals surface area (Å²) in [7, 11) is 0. The lowest BCUT2D eigenvalue weighted by molar-refractivity contribution is 0.0732. The molecule has 5 nitrogen and oxygen atoms in total. The lowest BCUT2D eigenvalue weighted by atomic mass is 9.72. The normalized spacial score (nSPS) is 26.4. The number of amides is 2. The Hall–Kier alpha value is -2.40. The van der Waals surface area contributed by atoms with Gasteiger partial charge in [-0.15, -0.1) is 0 Å². The van der Waals surface area contributed by atoms with Crippen LogP contribution in [0.15, 0.2) is 42.5 Å². The highest BCUT2D eigenvalue weighted by molar-refractivity contribution is 6.32. The topological polar surface area (TPSA) is 70.6 Å². The Bertz CT molecular complexity index is 869. The van der Waals surface area contributed by atoms with E-state index in [4.69, 9.17) is 16.3 Å². The van der Waals surface area contributed by atoms with Crippen LogP contribution in [0.4, 0.5) is 4.79 Å². The zero-order chi connectivity index (χ0) is 18.5. The molecule has 2 amide bonds. The van der Waals surface area contributed by atoms with E-state index < -0.39 is 5.54 Å². The minimum absolute atomic E-state index is 0.0335. The van der Waals surface area contributed by atoms with Crippen LogP contribution in [0.1, 0.15) is 43.9 Å². The molecule has 1 saturated heterocycles. The van der Waals surface area contributed by atoms with E-state index in [1.165, 1.54) is 6.07 Å². The molecule has 2 atom stereocenters. The zero-order valence-electron chi connectivity index (χ0n) is 14.7. The Balaban J connectivity index is 1.87. The SMILES string of the molecule is CC1(C)CC2(CC(c3ccccc3)Oc3cc(O)c(Cl)cc32)NC(=O)N1. The number of hydrogen-bond donors (Lipinski definition) is 3. The first kappa shape index (κ1) is 17.0. The van der Waals surface area contributed by atoms with Gasteiger partial charge in [-0.3, -0.25) is 0 Å². The maximum Gasteiger partial charge on any atom is 0.315 e. The fourth-order valence-electron chi connectivity index (χ4n) is 4.17. The number of phenols is 1. The van der Waals surface area contributed by atoms with Crippen LogP contribution < -0.4 is 15.4 Å². The number of benzene rings is 2. The number of phenolic OH excluding ortho intramolecular Hbond substituents is 1. The van der Waals surface area contributed by atoms with E-state index in [1.807, 2.05) is 44.2 Å². The van der Waals surface area contributed by atoms with Gasteiger partial charge < -0.3 is 20.5 Å². The molecule has 0 radical (unpaired) electrons. The second-order valence-corrected chi connectivity index (χ2v) is 8.15. The van der Waals surface area contributed by atoms with Gasteiger partial charge in [0.15, 0.2) is 0 Å². The van der Waals surface area contributed by atoms with Crippen molar-refractivity contribution >= 4 is 17.6 Å². The Morgan fingerprint density at radius 1 is 1.19 bits per heavy atom. The van der Waals surface area contributed by atoms with Crippen molar-refractivity contribution in [2.75, 3.05) is 0 Å². The van der Waals surface area contributed by atoms with Crippen molar-refractivity contribution in [2.45, 2.75) is 43.9 Å². The molecule has 1 spiro atoms. The van der Waals surface area contributed by atoms with Crippen molar-refractivity contribution < 1.29 is 14.6 Å². The number of carbonyl (C=O) groups is 1. The summed E-state index contributed by atoms with van der Waals surface area (Å²) in [4.78, 5) is 12.4. The number of hydrogen-bond acceptors (Lipinski definition) is 3. The van der Waals surface area contributed by atoms with Crippen LogP contribution >= 0.6 is 11.6 Å². The number of rotatable bonds is 1. The van der Waals surface area contributed by atoms with Crippen molar-refractivity contribution in [1.82, 2.24) is 10.6 Å². The highest BCUT2D eigenvalue weighted by Gasteiger charge is 2.50. The average molecular weight is 373 g/mol. The highest BCUT2D eigenvalue weighted by Crippen LogP contribution is 2.51. The summed E-state index contributed by atoms with van der Waals surface area (Å²) >= 11 is 6.18. The van der Waals surface area contributed by atoms with Gasteiger partial charge >= 0.3 is 6.03 Å². The minimum Gasteiger partial charge on any atom is -0.506 e. The third-order valence-electron chi connectivity index (χ3n) is 5.09. The second kappa shape index (κ2) is 5.81. The number of carbonyl (C=O) groups excluding carboxylic acids is 1. The number of aromatic hydroxyl groups is 1. The fraction of sp³-hybridized carbons (Fsp3) is 0.350. The Kier molecular flexibility index (Phi) is 3.81. The van der Waals surface area contributed by atoms with E-state index in [-0.39, 0.29) is 28.4 Å². The molecule has 0 aromatic heterocycles. The van der Waals surface area contributed by atoms with E-state index >= 15 is 0 Å². The summed E-state index contributed by atoms with van der Waals surface area (Å²) < 4.78 is 6.19. The lowest BCUT2D eigenvalue weighted by Gasteiger charge is -2.50. The predicted molar refractivity (Wildman–Crippen MR) is 99.6 cm³/mol. The summed E-state index contributed by atoms with van der Waals surface area (Å²) in [5, 5.41) is 16.4. The zero-order valence-corrected chi connectivity index (χ0v) is 15.4. The van der Waals surface area contributed by atoms with Gasteiger partial charge in [-0.25, -0.2) is 4.79 Å². The predicted octanol–water partition coefficient (Wildman–Crippen LogP) is 4.25. The molecule has 3 N–H and O–H groups in total. The monoisotopic (exact) mass is 372 g/mol. The van der Waals surface area contributed by atoms with E-state index in [1.54, 1.807) is 6.07 Å². The molecular weight excluding hydrogens is 352 g/mol. The molecule has 2 aromatic carbocycles. The maximum atomic E-state index is 12.4. The number of urea groups is 1. The smallest absolute Gasteiger partial charge is 0.315 e. The molecule has 2 unspecified atom stereocenters. The third-order valence-corrected chi connectivity index (χ3v) is 5.39. The van der Waals surface area contributed by atoms with E-state index in [0.29, 0.717) is 18.6 Å². The van der Waals surface area contributed by atoms with Crippen LogP contribution in [0.5, 0.6) is 11.5 Å². The summed E-state index contributed by atoms with van der Waals surface area (Å²) in [5.41, 5.74) is 0.813. The molecule has 0 saturated carbocycles. The van der Waals surface area contributed by atoms with Crippen molar-refractivity contribution in [3.05, 3.63) is 58.6 Å². The van der Waals surface area contributed by atoms with Crippen molar-refractivity contribution in [2.24, 2.45) is 0 Å². The molecule has 2 aliphatic rings. The third kappa shape index (κ3) is 2.86. The van der Waals surface area contributed by atoms with Crippen molar-refractivity contribution in [3.8, 4) is 11.5 Å². The first-order chi connectivity index (χ1) is 12.3. The van der Waals surface area contributed by atoms with Gasteiger partial charge in [0.1, 0.15) is 17.6 Å². The summed E-state index contributed by atoms with van der Waals surface area (Å²) in [5.74, 6) is 0.513. The molecule has 1 fully saturated rings. The van der Waals surface area contributed by atoms with Crippen LogP contribution in [-0.2, 0) is 5.54 Å².